The molecule has 3 N–H and O–H groups in total. The summed E-state index contributed by atoms with van der Waals surface area (Å²) in [7, 11) is 0. The Hall–Kier alpha value is -1.36. The Bertz CT molecular complexity index is 372. The van der Waals surface area contributed by atoms with Crippen LogP contribution in [0.25, 0.3) is 0 Å². The number of benzene rings is 1. The second kappa shape index (κ2) is 8.69. The van der Waals surface area contributed by atoms with E-state index in [1.54, 1.807) is 24.3 Å². The van der Waals surface area contributed by atoms with Crippen molar-refractivity contribution in [1.29, 1.82) is 0 Å². The molecule has 0 atom stereocenters. The normalized spacial score (nSPS) is 10.1. The first kappa shape index (κ1) is 14.7. The SMILES string of the molecule is CSCCCCNC(=O)COc1cccc(N)c1. The fourth-order valence-electron chi connectivity index (χ4n) is 1.40. The van der Waals surface area contributed by atoms with E-state index >= 15 is 0 Å². The number of anilines is 1. The molecule has 0 saturated carbocycles. The molecule has 0 aromatic heterocycles. The van der Waals surface area contributed by atoms with Crippen molar-refractivity contribution < 1.29 is 9.53 Å². The minimum atomic E-state index is -0.0958. The standard InChI is InChI=1S/C13H20N2O2S/c1-18-8-3-2-7-15-13(16)10-17-12-6-4-5-11(14)9-12/h4-6,9H,2-3,7-8,10,14H2,1H3,(H,15,16). The fourth-order valence-corrected chi connectivity index (χ4v) is 1.90. The van der Waals surface area contributed by atoms with Crippen molar-refractivity contribution in [3.63, 3.8) is 0 Å². The minimum absolute atomic E-state index is 0.0337. The number of hydrogen-bond acceptors (Lipinski definition) is 4. The van der Waals surface area contributed by atoms with Gasteiger partial charge in [-0.05, 0) is 37.0 Å². The van der Waals surface area contributed by atoms with Gasteiger partial charge >= 0.3 is 0 Å². The lowest BCUT2D eigenvalue weighted by Crippen LogP contribution is -2.29. The van der Waals surface area contributed by atoms with Crippen molar-refractivity contribution in [2.24, 2.45) is 0 Å². The van der Waals surface area contributed by atoms with E-state index in [4.69, 9.17) is 10.5 Å². The Morgan fingerprint density at radius 2 is 2.28 bits per heavy atom. The molecule has 0 aliphatic carbocycles. The third kappa shape index (κ3) is 6.39. The number of nitrogens with one attached hydrogen (secondary N) is 1. The van der Waals surface area contributed by atoms with Gasteiger partial charge in [0.05, 0.1) is 0 Å². The first-order chi connectivity index (χ1) is 8.72. The predicted molar refractivity (Wildman–Crippen MR) is 77.0 cm³/mol. The van der Waals surface area contributed by atoms with E-state index in [1.807, 2.05) is 11.8 Å². The van der Waals surface area contributed by atoms with Crippen molar-refractivity contribution in [2.45, 2.75) is 12.8 Å². The van der Waals surface area contributed by atoms with E-state index in [0.717, 1.165) is 18.6 Å². The molecule has 5 heteroatoms. The Morgan fingerprint density at radius 3 is 3.00 bits per heavy atom. The molecule has 0 aliphatic heterocycles. The maximum absolute atomic E-state index is 11.5. The van der Waals surface area contributed by atoms with E-state index in [2.05, 4.69) is 11.6 Å². The van der Waals surface area contributed by atoms with Crippen LogP contribution in [0.2, 0.25) is 0 Å². The first-order valence-electron chi connectivity index (χ1n) is 5.96. The summed E-state index contributed by atoms with van der Waals surface area (Å²) in [5, 5.41) is 2.82. The third-order valence-electron chi connectivity index (χ3n) is 2.33. The van der Waals surface area contributed by atoms with Crippen LogP contribution in [0.4, 0.5) is 5.69 Å². The summed E-state index contributed by atoms with van der Waals surface area (Å²) in [5.74, 6) is 1.66. The highest BCUT2D eigenvalue weighted by Crippen LogP contribution is 2.13. The van der Waals surface area contributed by atoms with Gasteiger partial charge < -0.3 is 15.8 Å². The molecule has 1 aromatic carbocycles. The number of carbonyl (C=O) groups excluding carboxylic acids is 1. The highest BCUT2D eigenvalue weighted by Gasteiger charge is 2.02. The van der Waals surface area contributed by atoms with Gasteiger partial charge in [-0.2, -0.15) is 11.8 Å². The number of nitrogen functional groups attached to an aromatic ring is 1. The third-order valence-corrected chi connectivity index (χ3v) is 3.02. The van der Waals surface area contributed by atoms with Crippen LogP contribution in [0, 0.1) is 0 Å². The smallest absolute Gasteiger partial charge is 0.257 e. The lowest BCUT2D eigenvalue weighted by Gasteiger charge is -2.07. The van der Waals surface area contributed by atoms with Crippen LogP contribution in [0.3, 0.4) is 0 Å². The van der Waals surface area contributed by atoms with Gasteiger partial charge in [0.2, 0.25) is 0 Å². The van der Waals surface area contributed by atoms with Crippen molar-refractivity contribution in [3.8, 4) is 5.75 Å². The van der Waals surface area contributed by atoms with E-state index in [9.17, 15) is 4.79 Å². The summed E-state index contributed by atoms with van der Waals surface area (Å²) in [6, 6.07) is 7.05. The van der Waals surface area contributed by atoms with Gasteiger partial charge in [-0.1, -0.05) is 6.07 Å². The molecule has 0 spiro atoms. The minimum Gasteiger partial charge on any atom is -0.484 e. The maximum atomic E-state index is 11.5. The number of carbonyl (C=O) groups is 1. The summed E-state index contributed by atoms with van der Waals surface area (Å²) < 4.78 is 5.33. The summed E-state index contributed by atoms with van der Waals surface area (Å²) in [5.41, 5.74) is 6.24. The first-order valence-corrected chi connectivity index (χ1v) is 7.35. The molecular formula is C13H20N2O2S. The molecule has 18 heavy (non-hydrogen) atoms. The van der Waals surface area contributed by atoms with Gasteiger partial charge in [-0.3, -0.25) is 4.79 Å². The average molecular weight is 268 g/mol. The summed E-state index contributed by atoms with van der Waals surface area (Å²) >= 11 is 1.82. The molecule has 0 heterocycles. The average Bonchev–Trinajstić information content (AvgIpc) is 2.36. The van der Waals surface area contributed by atoms with E-state index in [-0.39, 0.29) is 12.5 Å². The number of amides is 1. The van der Waals surface area contributed by atoms with Crippen LogP contribution in [0.5, 0.6) is 5.75 Å². The van der Waals surface area contributed by atoms with E-state index < -0.39 is 0 Å². The molecule has 0 aliphatic rings. The topological polar surface area (TPSA) is 64.3 Å². The van der Waals surface area contributed by atoms with E-state index in [0.29, 0.717) is 18.0 Å². The fraction of sp³-hybridized carbons (Fsp3) is 0.462. The van der Waals surface area contributed by atoms with Gasteiger partial charge in [0.15, 0.2) is 6.61 Å². The van der Waals surface area contributed by atoms with Crippen LogP contribution >= 0.6 is 11.8 Å². The highest BCUT2D eigenvalue weighted by atomic mass is 32.2. The number of hydrogen-bond donors (Lipinski definition) is 2. The number of nitrogens with two attached hydrogens (primary N) is 1. The van der Waals surface area contributed by atoms with Crippen molar-refractivity contribution >= 4 is 23.4 Å². The zero-order valence-electron chi connectivity index (χ0n) is 10.6. The predicted octanol–water partition coefficient (Wildman–Crippen LogP) is 1.91. The second-order valence-electron chi connectivity index (χ2n) is 3.91. The molecule has 0 saturated heterocycles. The molecule has 1 amide bonds. The summed E-state index contributed by atoms with van der Waals surface area (Å²) in [6.45, 7) is 0.742. The number of rotatable bonds is 8. The highest BCUT2D eigenvalue weighted by molar-refractivity contribution is 7.98. The maximum Gasteiger partial charge on any atom is 0.257 e. The summed E-state index contributed by atoms with van der Waals surface area (Å²) in [6.07, 6.45) is 4.21. The summed E-state index contributed by atoms with van der Waals surface area (Å²) in [4.78, 5) is 11.5. The zero-order chi connectivity index (χ0) is 13.2. The van der Waals surface area contributed by atoms with Crippen LogP contribution in [-0.4, -0.2) is 31.1 Å². The van der Waals surface area contributed by atoms with Crippen molar-refractivity contribution in [3.05, 3.63) is 24.3 Å². The lowest BCUT2D eigenvalue weighted by atomic mass is 10.3. The number of unbranched alkanes of at least 4 members (excludes halogenated alkanes) is 1. The molecule has 0 unspecified atom stereocenters. The molecular weight excluding hydrogens is 248 g/mol. The van der Waals surface area contributed by atoms with Gasteiger partial charge in [0, 0.05) is 18.3 Å². The van der Waals surface area contributed by atoms with Gasteiger partial charge in [-0.25, -0.2) is 0 Å². The Kier molecular flexibility index (Phi) is 7.10. The van der Waals surface area contributed by atoms with Crippen LogP contribution in [0.1, 0.15) is 12.8 Å². The Morgan fingerprint density at radius 1 is 1.44 bits per heavy atom. The Labute approximate surface area is 112 Å². The second-order valence-corrected chi connectivity index (χ2v) is 4.90. The number of thioether (sulfide) groups is 1. The number of ether oxygens (including phenoxy) is 1. The van der Waals surface area contributed by atoms with Crippen molar-refractivity contribution in [2.75, 3.05) is 30.9 Å². The van der Waals surface area contributed by atoms with Crippen LogP contribution in [-0.2, 0) is 4.79 Å². The zero-order valence-corrected chi connectivity index (χ0v) is 11.5. The molecule has 100 valence electrons. The van der Waals surface area contributed by atoms with Gasteiger partial charge in [0.1, 0.15) is 5.75 Å². The van der Waals surface area contributed by atoms with Crippen LogP contribution in [0.15, 0.2) is 24.3 Å². The Balaban J connectivity index is 2.13. The van der Waals surface area contributed by atoms with Crippen molar-refractivity contribution in [1.82, 2.24) is 5.32 Å². The van der Waals surface area contributed by atoms with Gasteiger partial charge in [0.25, 0.3) is 5.91 Å². The monoisotopic (exact) mass is 268 g/mol. The van der Waals surface area contributed by atoms with Gasteiger partial charge in [-0.15, -0.1) is 0 Å². The van der Waals surface area contributed by atoms with E-state index in [1.165, 1.54) is 0 Å². The molecule has 1 rings (SSSR count). The molecule has 0 bridgehead atoms. The quantitative estimate of drug-likeness (QED) is 0.558. The molecule has 0 radical (unpaired) electrons. The largest absolute Gasteiger partial charge is 0.484 e. The molecule has 4 nitrogen and oxygen atoms in total. The molecule has 1 aromatic rings. The van der Waals surface area contributed by atoms with Crippen LogP contribution < -0.4 is 15.8 Å². The lowest BCUT2D eigenvalue weighted by molar-refractivity contribution is -0.123. The molecule has 0 fully saturated rings.